The van der Waals surface area contributed by atoms with E-state index in [0.29, 0.717) is 6.61 Å². The number of ether oxygens (including phenoxy) is 2. The highest BCUT2D eigenvalue weighted by Gasteiger charge is 2.34. The number of hydrogen-bond acceptors (Lipinski definition) is 5. The fourth-order valence-electron chi connectivity index (χ4n) is 2.59. The van der Waals surface area contributed by atoms with E-state index in [9.17, 15) is 5.26 Å². The van der Waals surface area contributed by atoms with Crippen molar-refractivity contribution in [3.63, 3.8) is 0 Å². The minimum Gasteiger partial charge on any atom is -0.359 e. The maximum absolute atomic E-state index is 9.48. The van der Waals surface area contributed by atoms with Gasteiger partial charge < -0.3 is 14.5 Å². The van der Waals surface area contributed by atoms with Crippen LogP contribution in [0.15, 0.2) is 24.3 Å². The minimum atomic E-state index is -0.274. The molecule has 0 spiro atoms. The molecule has 2 rings (SSSR count). The van der Waals surface area contributed by atoms with E-state index >= 15 is 0 Å². The van der Waals surface area contributed by atoms with Crippen molar-refractivity contribution >= 4 is 5.69 Å². The summed E-state index contributed by atoms with van der Waals surface area (Å²) in [6.07, 6.45) is 0.898. The monoisotopic (exact) mass is 303 g/mol. The summed E-state index contributed by atoms with van der Waals surface area (Å²) >= 11 is 0. The quantitative estimate of drug-likeness (QED) is 0.646. The fourth-order valence-corrected chi connectivity index (χ4v) is 2.59. The Hall–Kier alpha value is -1.61. The number of nitriles is 1. The molecule has 5 heteroatoms. The number of methoxy groups -OCH3 is 1. The van der Waals surface area contributed by atoms with Crippen LogP contribution in [-0.4, -0.2) is 32.6 Å². The van der Waals surface area contributed by atoms with Gasteiger partial charge in [-0.25, -0.2) is 5.43 Å². The van der Waals surface area contributed by atoms with E-state index in [1.807, 2.05) is 12.1 Å². The molecule has 0 saturated heterocycles. The summed E-state index contributed by atoms with van der Waals surface area (Å²) in [7, 11) is 1.62. The number of nitrogens with zero attached hydrogens (tertiary/aromatic N) is 2. The molecule has 0 amide bonds. The first kappa shape index (κ1) is 16.8. The average Bonchev–Trinajstić information content (AvgIpc) is 2.81. The number of hydrogen-bond donors (Lipinski definition) is 1. The van der Waals surface area contributed by atoms with Gasteiger partial charge in [0.1, 0.15) is 12.8 Å². The smallest absolute Gasteiger partial charge is 0.146 e. The Morgan fingerprint density at radius 2 is 2.14 bits per heavy atom. The largest absolute Gasteiger partial charge is 0.359 e. The zero-order valence-electron chi connectivity index (χ0n) is 13.8. The van der Waals surface area contributed by atoms with Crippen molar-refractivity contribution in [1.29, 1.82) is 5.26 Å². The van der Waals surface area contributed by atoms with E-state index in [2.05, 4.69) is 49.4 Å². The molecule has 5 nitrogen and oxygen atoms in total. The molecular formula is C17H25N3O2. The molecular weight excluding hydrogens is 278 g/mol. The molecule has 1 aromatic carbocycles. The maximum atomic E-state index is 9.48. The molecule has 2 atom stereocenters. The van der Waals surface area contributed by atoms with Crippen molar-refractivity contribution in [1.82, 2.24) is 5.43 Å². The number of para-hydroxylation sites is 1. The van der Waals surface area contributed by atoms with Crippen molar-refractivity contribution in [2.75, 3.05) is 25.5 Å². The van der Waals surface area contributed by atoms with Gasteiger partial charge in [0.15, 0.2) is 0 Å². The van der Waals surface area contributed by atoms with Crippen LogP contribution in [0.5, 0.6) is 0 Å². The van der Waals surface area contributed by atoms with Gasteiger partial charge in [-0.2, -0.15) is 5.26 Å². The number of nitrogens with one attached hydrogen (secondary N) is 1. The van der Waals surface area contributed by atoms with Gasteiger partial charge in [-0.1, -0.05) is 39.0 Å². The summed E-state index contributed by atoms with van der Waals surface area (Å²) < 4.78 is 10.5. The van der Waals surface area contributed by atoms with E-state index in [1.165, 1.54) is 5.56 Å². The lowest BCUT2D eigenvalue weighted by Crippen LogP contribution is -2.54. The van der Waals surface area contributed by atoms with Gasteiger partial charge in [0.25, 0.3) is 0 Å². The third-order valence-electron chi connectivity index (χ3n) is 3.85. The van der Waals surface area contributed by atoms with Crippen LogP contribution < -0.4 is 10.4 Å². The summed E-state index contributed by atoms with van der Waals surface area (Å²) in [6, 6.07) is 10.5. The number of rotatable bonds is 6. The molecule has 0 saturated carbocycles. The van der Waals surface area contributed by atoms with Crippen molar-refractivity contribution in [2.24, 2.45) is 5.41 Å². The second-order valence-corrected chi connectivity index (χ2v) is 6.69. The first-order valence-corrected chi connectivity index (χ1v) is 7.57. The second-order valence-electron chi connectivity index (χ2n) is 6.69. The molecule has 22 heavy (non-hydrogen) atoms. The Morgan fingerprint density at radius 1 is 1.41 bits per heavy atom. The Labute approximate surface area is 132 Å². The lowest BCUT2D eigenvalue weighted by Gasteiger charge is -2.35. The Morgan fingerprint density at radius 3 is 2.77 bits per heavy atom. The molecule has 1 heterocycles. The van der Waals surface area contributed by atoms with Gasteiger partial charge in [-0.15, -0.1) is 0 Å². The van der Waals surface area contributed by atoms with Crippen LogP contribution in [0.4, 0.5) is 5.69 Å². The summed E-state index contributed by atoms with van der Waals surface area (Å²) in [5.41, 5.74) is 5.63. The van der Waals surface area contributed by atoms with E-state index < -0.39 is 0 Å². The van der Waals surface area contributed by atoms with Crippen molar-refractivity contribution in [2.45, 2.75) is 39.3 Å². The van der Waals surface area contributed by atoms with Gasteiger partial charge in [-0.05, 0) is 23.5 Å². The fraction of sp³-hybridized carbons (Fsp3) is 0.588. The zero-order valence-corrected chi connectivity index (χ0v) is 13.8. The SMILES string of the molecule is COCOC[C@@H]1Cc2ccccc2N1N[C@@H](C#N)C(C)(C)C. The predicted molar refractivity (Wildman–Crippen MR) is 86.2 cm³/mol. The highest BCUT2D eigenvalue weighted by molar-refractivity contribution is 5.58. The van der Waals surface area contributed by atoms with E-state index in [0.717, 1.165) is 12.1 Å². The molecule has 120 valence electrons. The molecule has 0 radical (unpaired) electrons. The third-order valence-corrected chi connectivity index (χ3v) is 3.85. The Bertz CT molecular complexity index is 533. The van der Waals surface area contributed by atoms with Crippen LogP contribution in [0.2, 0.25) is 0 Å². The van der Waals surface area contributed by atoms with Crippen molar-refractivity contribution < 1.29 is 9.47 Å². The van der Waals surface area contributed by atoms with Gasteiger partial charge in [0.2, 0.25) is 0 Å². The first-order valence-electron chi connectivity index (χ1n) is 7.57. The molecule has 0 aromatic heterocycles. The molecule has 1 N–H and O–H groups in total. The Kier molecular flexibility index (Phi) is 5.41. The molecule has 1 aromatic rings. The highest BCUT2D eigenvalue weighted by atomic mass is 16.7. The van der Waals surface area contributed by atoms with Crippen LogP contribution >= 0.6 is 0 Å². The lowest BCUT2D eigenvalue weighted by molar-refractivity contribution is -0.0358. The lowest BCUT2D eigenvalue weighted by atomic mass is 9.88. The van der Waals surface area contributed by atoms with E-state index in [-0.39, 0.29) is 24.3 Å². The number of fused-ring (bicyclic) bond motifs is 1. The first-order chi connectivity index (χ1) is 10.5. The molecule has 0 bridgehead atoms. The van der Waals surface area contributed by atoms with E-state index in [1.54, 1.807) is 7.11 Å². The topological polar surface area (TPSA) is 57.5 Å². The summed E-state index contributed by atoms with van der Waals surface area (Å²) in [5, 5.41) is 11.6. The van der Waals surface area contributed by atoms with E-state index in [4.69, 9.17) is 9.47 Å². The number of benzene rings is 1. The highest BCUT2D eigenvalue weighted by Crippen LogP contribution is 2.32. The summed E-state index contributed by atoms with van der Waals surface area (Å²) in [4.78, 5) is 0. The van der Waals surface area contributed by atoms with Gasteiger partial charge in [0.05, 0.1) is 24.4 Å². The van der Waals surface area contributed by atoms with Gasteiger partial charge in [0, 0.05) is 7.11 Å². The normalized spacial score (nSPS) is 18.9. The van der Waals surface area contributed by atoms with Crippen molar-refractivity contribution in [3.05, 3.63) is 29.8 Å². The maximum Gasteiger partial charge on any atom is 0.146 e. The van der Waals surface area contributed by atoms with Crippen LogP contribution in [0.25, 0.3) is 0 Å². The van der Waals surface area contributed by atoms with Crippen LogP contribution in [-0.2, 0) is 15.9 Å². The second kappa shape index (κ2) is 7.10. The molecule has 1 aliphatic rings. The predicted octanol–water partition coefficient (Wildman–Crippen LogP) is 2.48. The third kappa shape index (κ3) is 3.77. The average molecular weight is 303 g/mol. The molecule has 1 aliphatic heterocycles. The minimum absolute atomic E-state index is 0.149. The standard InChI is InChI=1S/C17H25N3O2/c1-17(2,3)16(10-18)19-20-14(11-22-12-21-4)9-13-7-5-6-8-15(13)20/h5-8,14,16,19H,9,11-12H2,1-4H3/t14-,16-/m0/s1. The van der Waals surface area contributed by atoms with Gasteiger partial charge >= 0.3 is 0 Å². The molecule has 0 unspecified atom stereocenters. The van der Waals surface area contributed by atoms with Gasteiger partial charge in [-0.3, -0.25) is 0 Å². The number of anilines is 1. The molecule has 0 aliphatic carbocycles. The summed E-state index contributed by atoms with van der Waals surface area (Å²) in [5.74, 6) is 0. The van der Waals surface area contributed by atoms with Crippen LogP contribution in [0.1, 0.15) is 26.3 Å². The zero-order chi connectivity index (χ0) is 16.2. The van der Waals surface area contributed by atoms with Crippen molar-refractivity contribution in [3.8, 4) is 6.07 Å². The van der Waals surface area contributed by atoms with Crippen LogP contribution in [0.3, 0.4) is 0 Å². The summed E-state index contributed by atoms with van der Waals surface area (Å²) in [6.45, 7) is 7.02. The number of hydrazine groups is 1. The Balaban J connectivity index is 2.17. The van der Waals surface area contributed by atoms with Crippen LogP contribution in [0, 0.1) is 16.7 Å². The molecule has 0 fully saturated rings.